The highest BCUT2D eigenvalue weighted by atomic mass is 16.5. The molecule has 0 saturated heterocycles. The largest absolute Gasteiger partial charge is 0.494 e. The lowest BCUT2D eigenvalue weighted by molar-refractivity contribution is 0.288. The molecule has 0 atom stereocenters. The molecule has 1 aromatic carbocycles. The van der Waals surface area contributed by atoms with Gasteiger partial charge in [-0.25, -0.2) is 0 Å². The van der Waals surface area contributed by atoms with Gasteiger partial charge in [-0.15, -0.1) is 0 Å². The minimum atomic E-state index is 0.662. The van der Waals surface area contributed by atoms with Crippen molar-refractivity contribution in [3.8, 4) is 11.5 Å². The van der Waals surface area contributed by atoms with Gasteiger partial charge in [-0.05, 0) is 68.2 Å². The highest BCUT2D eigenvalue weighted by Crippen LogP contribution is 2.32. The van der Waals surface area contributed by atoms with Gasteiger partial charge in [0.05, 0.1) is 6.61 Å². The molecule has 0 N–H and O–H groups in total. The predicted octanol–water partition coefficient (Wildman–Crippen LogP) is 9.53. The second kappa shape index (κ2) is 18.0. The van der Waals surface area contributed by atoms with Gasteiger partial charge in [0.1, 0.15) is 18.1 Å². The molecule has 0 amide bonds. The molecule has 182 valence electrons. The van der Waals surface area contributed by atoms with Gasteiger partial charge in [-0.2, -0.15) is 0 Å². The van der Waals surface area contributed by atoms with Crippen LogP contribution in [0.15, 0.2) is 36.4 Å². The van der Waals surface area contributed by atoms with Crippen molar-refractivity contribution in [2.24, 2.45) is 11.8 Å². The maximum absolute atomic E-state index is 5.89. The molecule has 0 bridgehead atoms. The fourth-order valence-electron chi connectivity index (χ4n) is 4.80. The number of hydrogen-bond donors (Lipinski definition) is 0. The summed E-state index contributed by atoms with van der Waals surface area (Å²) in [5.74, 6) is 3.62. The predicted molar refractivity (Wildman–Crippen MR) is 139 cm³/mol. The monoisotopic (exact) mass is 442 g/mol. The molecule has 1 aliphatic rings. The first-order valence-corrected chi connectivity index (χ1v) is 13.8. The van der Waals surface area contributed by atoms with E-state index >= 15 is 0 Å². The molecule has 1 saturated carbocycles. The van der Waals surface area contributed by atoms with E-state index < -0.39 is 0 Å². The van der Waals surface area contributed by atoms with Gasteiger partial charge >= 0.3 is 0 Å². The van der Waals surface area contributed by atoms with Crippen LogP contribution in [0.3, 0.4) is 0 Å². The topological polar surface area (TPSA) is 18.5 Å². The number of rotatable bonds is 18. The zero-order chi connectivity index (χ0) is 22.7. The summed E-state index contributed by atoms with van der Waals surface area (Å²) in [5.41, 5.74) is 0. The van der Waals surface area contributed by atoms with E-state index in [1.165, 1.54) is 96.3 Å². The Balaban J connectivity index is 1.49. The summed E-state index contributed by atoms with van der Waals surface area (Å²) < 4.78 is 11.8. The highest BCUT2D eigenvalue weighted by molar-refractivity contribution is 5.31. The van der Waals surface area contributed by atoms with E-state index in [9.17, 15) is 0 Å². The maximum Gasteiger partial charge on any atom is 0.120 e. The van der Waals surface area contributed by atoms with Gasteiger partial charge in [0, 0.05) is 0 Å². The lowest BCUT2D eigenvalue weighted by atomic mass is 9.79. The first-order chi connectivity index (χ1) is 15.8. The molecule has 0 unspecified atom stereocenters. The van der Waals surface area contributed by atoms with Gasteiger partial charge in [-0.1, -0.05) is 96.6 Å². The van der Waals surface area contributed by atoms with Gasteiger partial charge in [0.15, 0.2) is 0 Å². The lowest BCUT2D eigenvalue weighted by Gasteiger charge is -2.26. The van der Waals surface area contributed by atoms with Crippen molar-refractivity contribution in [3.63, 3.8) is 0 Å². The zero-order valence-electron chi connectivity index (χ0n) is 21.2. The van der Waals surface area contributed by atoms with Crippen LogP contribution < -0.4 is 9.47 Å². The fraction of sp³-hybridized carbons (Fsp3) is 0.733. The summed E-state index contributed by atoms with van der Waals surface area (Å²) in [6, 6.07) is 8.12. The Morgan fingerprint density at radius 1 is 0.688 bits per heavy atom. The molecule has 0 radical (unpaired) electrons. The average molecular weight is 443 g/mol. The number of ether oxygens (including phenoxy) is 2. The number of benzene rings is 1. The Kier molecular flexibility index (Phi) is 15.1. The Morgan fingerprint density at radius 2 is 1.25 bits per heavy atom. The molecule has 2 rings (SSSR count). The Hall–Kier alpha value is -1.44. The molecule has 0 aromatic heterocycles. The van der Waals surface area contributed by atoms with Crippen molar-refractivity contribution < 1.29 is 9.47 Å². The van der Waals surface area contributed by atoms with E-state index in [4.69, 9.17) is 9.47 Å². The van der Waals surface area contributed by atoms with Crippen molar-refractivity contribution in [1.82, 2.24) is 0 Å². The van der Waals surface area contributed by atoms with E-state index in [2.05, 4.69) is 26.0 Å². The van der Waals surface area contributed by atoms with Crippen LogP contribution in [-0.4, -0.2) is 13.2 Å². The molecule has 1 aromatic rings. The molecule has 32 heavy (non-hydrogen) atoms. The minimum absolute atomic E-state index is 0.662. The third-order valence-corrected chi connectivity index (χ3v) is 6.95. The van der Waals surface area contributed by atoms with Gasteiger partial charge < -0.3 is 9.47 Å². The molecular formula is C30H50O2. The molecule has 1 aliphatic carbocycles. The van der Waals surface area contributed by atoms with Crippen molar-refractivity contribution >= 4 is 0 Å². The van der Waals surface area contributed by atoms with E-state index in [-0.39, 0.29) is 0 Å². The SMILES string of the molecule is CCCCCCCCCCOc1ccc(OC/C=C/C2CCC(CCCCC)CC2)cc1. The van der Waals surface area contributed by atoms with E-state index in [1.807, 2.05) is 24.3 Å². The summed E-state index contributed by atoms with van der Waals surface area (Å²) in [4.78, 5) is 0. The van der Waals surface area contributed by atoms with Gasteiger partial charge in [-0.3, -0.25) is 0 Å². The summed E-state index contributed by atoms with van der Waals surface area (Å²) in [7, 11) is 0. The van der Waals surface area contributed by atoms with Crippen LogP contribution in [0.2, 0.25) is 0 Å². The third kappa shape index (κ3) is 12.6. The third-order valence-electron chi connectivity index (χ3n) is 6.95. The minimum Gasteiger partial charge on any atom is -0.494 e. The van der Waals surface area contributed by atoms with Crippen LogP contribution in [0.25, 0.3) is 0 Å². The number of allylic oxidation sites excluding steroid dienone is 1. The maximum atomic E-state index is 5.89. The molecule has 0 spiro atoms. The Labute approximate surface area is 199 Å². The van der Waals surface area contributed by atoms with E-state index in [1.54, 1.807) is 0 Å². The summed E-state index contributed by atoms with van der Waals surface area (Å²) in [5, 5.41) is 0. The molecule has 0 heterocycles. The van der Waals surface area contributed by atoms with Crippen LogP contribution in [-0.2, 0) is 0 Å². The summed E-state index contributed by atoms with van der Waals surface area (Å²) >= 11 is 0. The second-order valence-electron chi connectivity index (χ2n) is 9.81. The molecular weight excluding hydrogens is 392 g/mol. The first kappa shape index (κ1) is 26.8. The Morgan fingerprint density at radius 3 is 1.91 bits per heavy atom. The Bertz CT molecular complexity index is 569. The van der Waals surface area contributed by atoms with Crippen LogP contribution in [0.4, 0.5) is 0 Å². The van der Waals surface area contributed by atoms with Crippen LogP contribution in [0, 0.1) is 11.8 Å². The van der Waals surface area contributed by atoms with Gasteiger partial charge in [0.2, 0.25) is 0 Å². The molecule has 1 fully saturated rings. The second-order valence-corrected chi connectivity index (χ2v) is 9.81. The lowest BCUT2D eigenvalue weighted by Crippen LogP contribution is -2.13. The smallest absolute Gasteiger partial charge is 0.120 e. The van der Waals surface area contributed by atoms with Crippen molar-refractivity contribution in [2.75, 3.05) is 13.2 Å². The van der Waals surface area contributed by atoms with E-state index in [0.717, 1.165) is 36.4 Å². The quantitative estimate of drug-likeness (QED) is 0.166. The summed E-state index contributed by atoms with van der Waals surface area (Å²) in [6.45, 7) is 6.05. The van der Waals surface area contributed by atoms with Crippen molar-refractivity contribution in [1.29, 1.82) is 0 Å². The van der Waals surface area contributed by atoms with Crippen LogP contribution in [0.1, 0.15) is 117 Å². The fourth-order valence-corrected chi connectivity index (χ4v) is 4.80. The van der Waals surface area contributed by atoms with Crippen molar-refractivity contribution in [3.05, 3.63) is 36.4 Å². The molecule has 2 nitrogen and oxygen atoms in total. The standard InChI is InChI=1S/C30H50O2/c1-3-5-7-8-9-10-11-13-25-31-29-21-23-30(24-22-29)32-26-14-16-28-19-17-27(18-20-28)15-12-6-4-2/h14,16,21-24,27-28H,3-13,15,17-20,25-26H2,1-2H3/b16-14+. The zero-order valence-corrected chi connectivity index (χ0v) is 21.2. The van der Waals surface area contributed by atoms with Crippen molar-refractivity contribution in [2.45, 2.75) is 117 Å². The number of hydrogen-bond acceptors (Lipinski definition) is 2. The number of unbranched alkanes of at least 4 members (excludes halogenated alkanes) is 9. The van der Waals surface area contributed by atoms with Crippen LogP contribution >= 0.6 is 0 Å². The average Bonchev–Trinajstić information content (AvgIpc) is 2.83. The normalized spacial score (nSPS) is 18.8. The van der Waals surface area contributed by atoms with Gasteiger partial charge in [0.25, 0.3) is 0 Å². The van der Waals surface area contributed by atoms with Crippen LogP contribution in [0.5, 0.6) is 11.5 Å². The summed E-state index contributed by atoms with van der Waals surface area (Å²) in [6.07, 6.45) is 26.4. The molecule has 0 aliphatic heterocycles. The highest BCUT2D eigenvalue weighted by Gasteiger charge is 2.18. The molecule has 2 heteroatoms. The first-order valence-electron chi connectivity index (χ1n) is 13.8. The van der Waals surface area contributed by atoms with E-state index in [0.29, 0.717) is 6.61 Å².